The Balaban J connectivity index is 1.84. The first-order valence-electron chi connectivity index (χ1n) is 9.56. The van der Waals surface area contributed by atoms with Gasteiger partial charge in [0.05, 0.1) is 24.7 Å². The zero-order valence-corrected chi connectivity index (χ0v) is 18.4. The van der Waals surface area contributed by atoms with Crippen LogP contribution in [0.2, 0.25) is 0 Å². The van der Waals surface area contributed by atoms with Crippen LogP contribution in [0.3, 0.4) is 0 Å². The number of nitriles is 1. The second-order valence-electron chi connectivity index (χ2n) is 7.23. The van der Waals surface area contributed by atoms with E-state index in [4.69, 9.17) is 4.74 Å². The van der Waals surface area contributed by atoms with Crippen molar-refractivity contribution in [2.75, 3.05) is 24.8 Å². The van der Waals surface area contributed by atoms with Crippen molar-refractivity contribution in [2.24, 2.45) is 0 Å². The molecule has 0 aliphatic carbocycles. The Hall–Kier alpha value is -3.28. The first kappa shape index (κ1) is 19.7. The molecular weight excluding hydrogens is 430 g/mol. The molecule has 0 saturated carbocycles. The molecule has 1 amide bonds. The van der Waals surface area contributed by atoms with E-state index < -0.39 is 5.92 Å². The molecule has 1 saturated heterocycles. The minimum Gasteiger partial charge on any atom is -0.497 e. The molecule has 0 bridgehead atoms. The second kappa shape index (κ2) is 7.45. The molecule has 1 aromatic heterocycles. The lowest BCUT2D eigenvalue weighted by molar-refractivity contribution is -0.117. The minimum atomic E-state index is -0.566. The predicted molar refractivity (Wildman–Crippen MR) is 123 cm³/mol. The zero-order chi connectivity index (χ0) is 21.7. The van der Waals surface area contributed by atoms with Crippen molar-refractivity contribution in [3.63, 3.8) is 0 Å². The molecule has 8 heteroatoms. The Bertz CT molecular complexity index is 1370. The molecule has 0 radical (unpaired) electrons. The number of benzene rings is 2. The Kier molecular flexibility index (Phi) is 4.73. The van der Waals surface area contributed by atoms with Gasteiger partial charge >= 0.3 is 0 Å². The number of carbonyl (C=O) groups excluding carboxylic acids is 1. The number of hydrogen-bond acceptors (Lipinski definition) is 7. The van der Waals surface area contributed by atoms with Gasteiger partial charge in [-0.2, -0.15) is 5.26 Å². The zero-order valence-electron chi connectivity index (χ0n) is 16.8. The monoisotopic (exact) mass is 447 g/mol. The molecule has 3 aromatic rings. The van der Waals surface area contributed by atoms with Crippen molar-refractivity contribution in [1.29, 1.82) is 5.26 Å². The number of methoxy groups -OCH3 is 1. The summed E-state index contributed by atoms with van der Waals surface area (Å²) in [5.74, 6) is 0.400. The summed E-state index contributed by atoms with van der Waals surface area (Å²) in [6, 6.07) is 15.4. The normalized spacial score (nSPS) is 17.3. The van der Waals surface area contributed by atoms with Crippen LogP contribution >= 0.6 is 23.1 Å². The largest absolute Gasteiger partial charge is 0.497 e. The number of carbonyl (C=O) groups is 1. The third kappa shape index (κ3) is 3.00. The average Bonchev–Trinajstić information content (AvgIpc) is 3.19. The number of allylic oxidation sites excluding steroid dienone is 1. The van der Waals surface area contributed by atoms with Gasteiger partial charge in [0.1, 0.15) is 23.1 Å². The van der Waals surface area contributed by atoms with Gasteiger partial charge in [0, 0.05) is 20.5 Å². The summed E-state index contributed by atoms with van der Waals surface area (Å²) in [7, 11) is 1.59. The Morgan fingerprint density at radius 3 is 2.68 bits per heavy atom. The molecule has 5 rings (SSSR count). The second-order valence-corrected chi connectivity index (χ2v) is 9.14. The van der Waals surface area contributed by atoms with Crippen LogP contribution in [0, 0.1) is 11.3 Å². The molecule has 31 heavy (non-hydrogen) atoms. The quantitative estimate of drug-likeness (QED) is 0.615. The molecule has 3 heterocycles. The van der Waals surface area contributed by atoms with Crippen LogP contribution in [-0.4, -0.2) is 25.8 Å². The van der Waals surface area contributed by atoms with E-state index in [2.05, 4.69) is 11.4 Å². The predicted octanol–water partition coefficient (Wildman–Crippen LogP) is 3.81. The molecule has 0 spiro atoms. The Labute approximate surface area is 186 Å². The number of anilines is 1. The first-order valence-corrected chi connectivity index (χ1v) is 11.6. The summed E-state index contributed by atoms with van der Waals surface area (Å²) in [5.41, 5.74) is 1.60. The molecule has 1 fully saturated rings. The van der Waals surface area contributed by atoms with Crippen molar-refractivity contribution in [2.45, 2.75) is 10.8 Å². The van der Waals surface area contributed by atoms with Gasteiger partial charge in [0.25, 0.3) is 0 Å². The van der Waals surface area contributed by atoms with Gasteiger partial charge in [0.15, 0.2) is 5.43 Å². The molecule has 2 aliphatic rings. The van der Waals surface area contributed by atoms with E-state index in [0.717, 1.165) is 15.2 Å². The maximum atomic E-state index is 13.7. The number of ether oxygens (including phenoxy) is 1. The summed E-state index contributed by atoms with van der Waals surface area (Å²) in [4.78, 5) is 28.8. The molecule has 1 N–H and O–H groups in total. The van der Waals surface area contributed by atoms with Gasteiger partial charge in [0.2, 0.25) is 5.91 Å². The van der Waals surface area contributed by atoms with Crippen LogP contribution in [0.1, 0.15) is 17.0 Å². The minimum absolute atomic E-state index is 0.0898. The van der Waals surface area contributed by atoms with Crippen molar-refractivity contribution < 1.29 is 9.53 Å². The van der Waals surface area contributed by atoms with E-state index in [-0.39, 0.29) is 17.9 Å². The molecule has 2 aliphatic heterocycles. The highest BCUT2D eigenvalue weighted by Gasteiger charge is 2.41. The molecule has 0 unspecified atom stereocenters. The summed E-state index contributed by atoms with van der Waals surface area (Å²) in [5, 5.41) is 14.2. The van der Waals surface area contributed by atoms with E-state index in [1.54, 1.807) is 23.8 Å². The fraction of sp³-hybridized carbons (Fsp3) is 0.174. The SMILES string of the molecule is COc1ccc([C@@H]2C(C#N)=C3NC(=O)CN3c3sc4cc(SC)ccc4c(=O)c32)cc1. The van der Waals surface area contributed by atoms with E-state index in [1.807, 2.05) is 48.7 Å². The Morgan fingerprint density at radius 2 is 2.00 bits per heavy atom. The van der Waals surface area contributed by atoms with Crippen LogP contribution in [-0.2, 0) is 4.79 Å². The molecule has 6 nitrogen and oxygen atoms in total. The van der Waals surface area contributed by atoms with E-state index in [0.29, 0.717) is 33.1 Å². The van der Waals surface area contributed by atoms with Crippen LogP contribution in [0.25, 0.3) is 10.1 Å². The summed E-state index contributed by atoms with van der Waals surface area (Å²) >= 11 is 3.09. The first-order chi connectivity index (χ1) is 15.0. The number of fused-ring (bicyclic) bond motifs is 4. The fourth-order valence-electron chi connectivity index (χ4n) is 4.13. The summed E-state index contributed by atoms with van der Waals surface area (Å²) < 4.78 is 6.13. The van der Waals surface area contributed by atoms with Crippen LogP contribution in [0.15, 0.2) is 63.5 Å². The molecular formula is C23H17N3O3S2. The third-order valence-electron chi connectivity index (χ3n) is 5.59. The van der Waals surface area contributed by atoms with Gasteiger partial charge < -0.3 is 15.0 Å². The van der Waals surface area contributed by atoms with Gasteiger partial charge in [-0.15, -0.1) is 23.1 Å². The van der Waals surface area contributed by atoms with Crippen molar-refractivity contribution >= 4 is 44.1 Å². The van der Waals surface area contributed by atoms with Gasteiger partial charge in [-0.25, -0.2) is 0 Å². The summed E-state index contributed by atoms with van der Waals surface area (Å²) in [6.07, 6.45) is 1.99. The number of amides is 1. The van der Waals surface area contributed by atoms with Gasteiger partial charge in [-0.3, -0.25) is 9.59 Å². The van der Waals surface area contributed by atoms with E-state index >= 15 is 0 Å². The van der Waals surface area contributed by atoms with Crippen molar-refractivity contribution in [1.82, 2.24) is 5.32 Å². The highest BCUT2D eigenvalue weighted by molar-refractivity contribution is 7.98. The van der Waals surface area contributed by atoms with Gasteiger partial charge in [-0.05, 0) is 42.2 Å². The standard InChI is InChI=1S/C23H17N3O3S2/c1-29-13-5-3-12(4-6-13)19-16(10-24)22-25-18(27)11-26(22)23-20(19)21(28)15-8-7-14(30-2)9-17(15)31-23/h3-9,19H,11H2,1-2H3,(H,25,27)/t19-/m1/s1. The maximum Gasteiger partial charge on any atom is 0.245 e. The highest BCUT2D eigenvalue weighted by Crippen LogP contribution is 2.47. The van der Waals surface area contributed by atoms with E-state index in [9.17, 15) is 14.9 Å². The summed E-state index contributed by atoms with van der Waals surface area (Å²) in [6.45, 7) is 0.0898. The maximum absolute atomic E-state index is 13.7. The number of rotatable bonds is 3. The average molecular weight is 448 g/mol. The number of hydrogen-bond donors (Lipinski definition) is 1. The number of nitrogens with one attached hydrogen (secondary N) is 1. The smallest absolute Gasteiger partial charge is 0.245 e. The van der Waals surface area contributed by atoms with Crippen LogP contribution in [0.4, 0.5) is 5.00 Å². The van der Waals surface area contributed by atoms with Crippen LogP contribution in [0.5, 0.6) is 5.75 Å². The third-order valence-corrected chi connectivity index (χ3v) is 7.51. The van der Waals surface area contributed by atoms with Crippen LogP contribution < -0.4 is 20.4 Å². The Morgan fingerprint density at radius 1 is 1.23 bits per heavy atom. The number of thioether (sulfide) groups is 1. The number of nitrogens with zero attached hydrogens (tertiary/aromatic N) is 2. The lowest BCUT2D eigenvalue weighted by atomic mass is 9.83. The highest BCUT2D eigenvalue weighted by atomic mass is 32.2. The lowest BCUT2D eigenvalue weighted by Gasteiger charge is -2.32. The van der Waals surface area contributed by atoms with Crippen molar-refractivity contribution in [3.8, 4) is 11.8 Å². The molecule has 154 valence electrons. The molecule has 1 atom stereocenters. The van der Waals surface area contributed by atoms with Crippen molar-refractivity contribution in [3.05, 3.63) is 75.2 Å². The topological polar surface area (TPSA) is 82.4 Å². The lowest BCUT2D eigenvalue weighted by Crippen LogP contribution is -2.32. The van der Waals surface area contributed by atoms with Gasteiger partial charge in [-0.1, -0.05) is 12.1 Å². The molecule has 2 aromatic carbocycles. The van der Waals surface area contributed by atoms with E-state index in [1.165, 1.54) is 11.3 Å². The fourth-order valence-corrected chi connectivity index (χ4v) is 5.90.